The number of carbonyl (C=O) groups is 1. The van der Waals surface area contributed by atoms with Crippen molar-refractivity contribution in [1.82, 2.24) is 0 Å². The molecule has 0 atom stereocenters. The van der Waals surface area contributed by atoms with Gasteiger partial charge in [-0.05, 0) is 42.0 Å². The molecule has 0 spiro atoms. The molecule has 0 bridgehead atoms. The van der Waals surface area contributed by atoms with E-state index in [2.05, 4.69) is 0 Å². The number of benzene rings is 2. The molecule has 0 saturated heterocycles. The lowest BCUT2D eigenvalue weighted by atomic mass is 10.1. The molecule has 0 aliphatic rings. The summed E-state index contributed by atoms with van der Waals surface area (Å²) >= 11 is 0. The quantitative estimate of drug-likeness (QED) is 0.582. The van der Waals surface area contributed by atoms with Crippen LogP contribution in [0.2, 0.25) is 0 Å². The Hall–Kier alpha value is -3.01. The monoisotopic (exact) mass is 294 g/mol. The number of methoxy groups -OCH3 is 1. The first-order valence-electron chi connectivity index (χ1n) is 6.74. The number of fused-ring (bicyclic) bond motifs is 1. The van der Waals surface area contributed by atoms with E-state index in [0.29, 0.717) is 11.0 Å². The summed E-state index contributed by atoms with van der Waals surface area (Å²) in [4.78, 5) is 12.2. The van der Waals surface area contributed by atoms with Crippen LogP contribution in [-0.4, -0.2) is 18.0 Å². The Morgan fingerprint density at radius 2 is 1.91 bits per heavy atom. The number of phenolic OH excluding ortho intramolecular Hbond substituents is 1. The minimum absolute atomic E-state index is 0.0596. The van der Waals surface area contributed by atoms with Crippen LogP contribution < -0.4 is 4.74 Å². The summed E-state index contributed by atoms with van der Waals surface area (Å²) < 4.78 is 10.3. The van der Waals surface area contributed by atoms with E-state index in [9.17, 15) is 9.90 Å². The molecule has 0 radical (unpaired) electrons. The van der Waals surface area contributed by atoms with Crippen molar-refractivity contribution in [2.24, 2.45) is 0 Å². The Morgan fingerprint density at radius 3 is 2.64 bits per heavy atom. The molecule has 4 nitrogen and oxygen atoms in total. The van der Waals surface area contributed by atoms with Crippen LogP contribution in [-0.2, 0) is 0 Å². The molecule has 1 aromatic heterocycles. The molecule has 4 heteroatoms. The van der Waals surface area contributed by atoms with Gasteiger partial charge in [0.25, 0.3) is 0 Å². The summed E-state index contributed by atoms with van der Waals surface area (Å²) in [6, 6.07) is 12.2. The molecule has 0 aliphatic carbocycles. The fraction of sp³-hybridized carbons (Fsp3) is 0.0556. The molecule has 110 valence electrons. The molecule has 0 fully saturated rings. The first-order chi connectivity index (χ1) is 10.7. The highest BCUT2D eigenvalue weighted by molar-refractivity contribution is 6.11. The number of allylic oxidation sites excluding steroid dienone is 1. The predicted molar refractivity (Wildman–Crippen MR) is 84.2 cm³/mol. The molecular weight excluding hydrogens is 280 g/mol. The first kappa shape index (κ1) is 13.9. The molecule has 0 saturated carbocycles. The Labute approximate surface area is 127 Å². The fourth-order valence-electron chi connectivity index (χ4n) is 2.20. The third-order valence-electron chi connectivity index (χ3n) is 3.42. The second-order valence-electron chi connectivity index (χ2n) is 4.76. The van der Waals surface area contributed by atoms with Gasteiger partial charge in [0.05, 0.1) is 24.3 Å². The highest BCUT2D eigenvalue weighted by Crippen LogP contribution is 2.30. The average Bonchev–Trinajstić information content (AvgIpc) is 3.03. The van der Waals surface area contributed by atoms with Crippen molar-refractivity contribution in [3.05, 3.63) is 65.9 Å². The smallest absolute Gasteiger partial charge is 0.189 e. The van der Waals surface area contributed by atoms with Gasteiger partial charge in [0, 0.05) is 0 Å². The van der Waals surface area contributed by atoms with Crippen LogP contribution in [0.1, 0.15) is 15.9 Å². The van der Waals surface area contributed by atoms with Gasteiger partial charge in [-0.15, -0.1) is 0 Å². The number of furan rings is 1. The zero-order chi connectivity index (χ0) is 15.5. The standard InChI is InChI=1S/C18H14O4/c1-21-13-5-2-12(3-6-13)4-8-16(19)14-7-9-17-15(18(14)20)10-11-22-17/h2-11,20H,1H3/b8-4+. The Bertz CT molecular complexity index is 841. The molecule has 3 rings (SSSR count). The Balaban J connectivity index is 1.85. The fourth-order valence-corrected chi connectivity index (χ4v) is 2.20. The maximum Gasteiger partial charge on any atom is 0.189 e. The second-order valence-corrected chi connectivity index (χ2v) is 4.76. The molecule has 22 heavy (non-hydrogen) atoms. The van der Waals surface area contributed by atoms with Gasteiger partial charge in [0.15, 0.2) is 5.78 Å². The number of hydrogen-bond acceptors (Lipinski definition) is 4. The number of rotatable bonds is 4. The highest BCUT2D eigenvalue weighted by atomic mass is 16.5. The summed E-state index contributed by atoms with van der Waals surface area (Å²) in [6.45, 7) is 0. The molecule has 3 aromatic rings. The van der Waals surface area contributed by atoms with E-state index in [1.807, 2.05) is 24.3 Å². The van der Waals surface area contributed by atoms with Crippen LogP contribution in [0, 0.1) is 0 Å². The molecule has 0 amide bonds. The molecular formula is C18H14O4. The highest BCUT2D eigenvalue weighted by Gasteiger charge is 2.12. The van der Waals surface area contributed by atoms with Crippen molar-refractivity contribution in [3.63, 3.8) is 0 Å². The van der Waals surface area contributed by atoms with Gasteiger partial charge in [-0.2, -0.15) is 0 Å². The van der Waals surface area contributed by atoms with Gasteiger partial charge in [0.2, 0.25) is 0 Å². The van der Waals surface area contributed by atoms with Crippen molar-refractivity contribution in [2.75, 3.05) is 7.11 Å². The summed E-state index contributed by atoms with van der Waals surface area (Å²) in [5.74, 6) is 0.429. The second kappa shape index (κ2) is 5.77. The third kappa shape index (κ3) is 2.59. The van der Waals surface area contributed by atoms with E-state index in [1.165, 1.54) is 12.3 Å². The lowest BCUT2D eigenvalue weighted by Gasteiger charge is -2.02. The zero-order valence-corrected chi connectivity index (χ0v) is 11.9. The van der Waals surface area contributed by atoms with Crippen LogP contribution in [0.4, 0.5) is 0 Å². The summed E-state index contributed by atoms with van der Waals surface area (Å²) in [6.07, 6.45) is 4.61. The summed E-state index contributed by atoms with van der Waals surface area (Å²) in [7, 11) is 1.60. The minimum Gasteiger partial charge on any atom is -0.506 e. The van der Waals surface area contributed by atoms with E-state index in [-0.39, 0.29) is 17.1 Å². The normalized spacial score (nSPS) is 11.1. The molecule has 0 unspecified atom stereocenters. The van der Waals surface area contributed by atoms with Crippen LogP contribution in [0.15, 0.2) is 59.2 Å². The van der Waals surface area contributed by atoms with E-state index in [1.54, 1.807) is 31.4 Å². The van der Waals surface area contributed by atoms with Gasteiger partial charge in [-0.1, -0.05) is 18.2 Å². The minimum atomic E-state index is -0.267. The third-order valence-corrected chi connectivity index (χ3v) is 3.42. The van der Waals surface area contributed by atoms with Crippen molar-refractivity contribution < 1.29 is 19.1 Å². The maximum atomic E-state index is 12.2. The number of hydrogen-bond donors (Lipinski definition) is 1. The maximum absolute atomic E-state index is 12.2. The van der Waals surface area contributed by atoms with Gasteiger partial charge < -0.3 is 14.3 Å². The average molecular weight is 294 g/mol. The lowest BCUT2D eigenvalue weighted by Crippen LogP contribution is -1.94. The van der Waals surface area contributed by atoms with E-state index in [4.69, 9.17) is 9.15 Å². The summed E-state index contributed by atoms with van der Waals surface area (Å²) in [5, 5.41) is 10.7. The predicted octanol–water partition coefficient (Wildman–Crippen LogP) is 4.04. The SMILES string of the molecule is COc1ccc(/C=C/C(=O)c2ccc3occc3c2O)cc1. The zero-order valence-electron chi connectivity index (χ0n) is 11.9. The van der Waals surface area contributed by atoms with Gasteiger partial charge in [-0.3, -0.25) is 4.79 Å². The van der Waals surface area contributed by atoms with Gasteiger partial charge in [0.1, 0.15) is 17.1 Å². The topological polar surface area (TPSA) is 59.7 Å². The molecule has 2 aromatic carbocycles. The van der Waals surface area contributed by atoms with Crippen molar-refractivity contribution >= 4 is 22.8 Å². The Morgan fingerprint density at radius 1 is 1.14 bits per heavy atom. The van der Waals surface area contributed by atoms with Crippen LogP contribution in [0.25, 0.3) is 17.0 Å². The Kier molecular flexibility index (Phi) is 3.66. The largest absolute Gasteiger partial charge is 0.506 e. The van der Waals surface area contributed by atoms with Gasteiger partial charge >= 0.3 is 0 Å². The number of phenols is 1. The number of ketones is 1. The van der Waals surface area contributed by atoms with E-state index >= 15 is 0 Å². The van der Waals surface area contributed by atoms with Crippen LogP contribution >= 0.6 is 0 Å². The first-order valence-corrected chi connectivity index (χ1v) is 6.74. The molecule has 0 aliphatic heterocycles. The molecule has 1 heterocycles. The van der Waals surface area contributed by atoms with E-state index in [0.717, 1.165) is 11.3 Å². The number of aromatic hydroxyl groups is 1. The van der Waals surface area contributed by atoms with Crippen molar-refractivity contribution in [3.8, 4) is 11.5 Å². The molecule has 1 N–H and O–H groups in total. The van der Waals surface area contributed by atoms with Crippen molar-refractivity contribution in [1.29, 1.82) is 0 Å². The van der Waals surface area contributed by atoms with Crippen LogP contribution in [0.3, 0.4) is 0 Å². The van der Waals surface area contributed by atoms with Gasteiger partial charge in [-0.25, -0.2) is 0 Å². The number of carbonyl (C=O) groups excluding carboxylic acids is 1. The number of ether oxygens (including phenoxy) is 1. The lowest BCUT2D eigenvalue weighted by molar-refractivity contribution is 0.104. The van der Waals surface area contributed by atoms with Crippen LogP contribution in [0.5, 0.6) is 11.5 Å². The van der Waals surface area contributed by atoms with E-state index < -0.39 is 0 Å². The van der Waals surface area contributed by atoms with Crippen molar-refractivity contribution in [2.45, 2.75) is 0 Å². The summed E-state index contributed by atoms with van der Waals surface area (Å²) in [5.41, 5.74) is 1.67.